The number of allylic oxidation sites excluding steroid dienone is 6. The van der Waals surface area contributed by atoms with Crippen LogP contribution < -0.4 is 11.1 Å². The van der Waals surface area contributed by atoms with Crippen molar-refractivity contribution in [3.05, 3.63) is 226 Å². The summed E-state index contributed by atoms with van der Waals surface area (Å²) in [4.78, 5) is 21.2. The average molecular weight is 1200 g/mol. The molecule has 15 heteroatoms. The van der Waals surface area contributed by atoms with Gasteiger partial charge in [0.05, 0.1) is 49.7 Å². The van der Waals surface area contributed by atoms with Crippen LogP contribution in [0.25, 0.3) is 0 Å². The number of rotatable bonds is 12. The Bertz CT molecular complexity index is 2490. The molecule has 1 aliphatic rings. The van der Waals surface area contributed by atoms with Crippen LogP contribution in [0.2, 0.25) is 0 Å². The van der Waals surface area contributed by atoms with Crippen LogP contribution in [0.3, 0.4) is 0 Å². The van der Waals surface area contributed by atoms with Gasteiger partial charge in [-0.25, -0.2) is 22.0 Å². The fraction of sp³-hybridized carbons (Fsp3) is 0.388. The van der Waals surface area contributed by atoms with Gasteiger partial charge < -0.3 is 21.6 Å². The summed E-state index contributed by atoms with van der Waals surface area (Å²) in [5.74, 6) is 0.484. The zero-order valence-electron chi connectivity index (χ0n) is 45.1. The molecule has 1 aliphatic carbocycles. The molecule has 1 unspecified atom stereocenters. The quantitative estimate of drug-likeness (QED) is 0.0492. The maximum Gasteiger partial charge on any atom is 0.235 e. The van der Waals surface area contributed by atoms with E-state index < -0.39 is 6.10 Å². The van der Waals surface area contributed by atoms with Crippen LogP contribution in [-0.4, -0.2) is 45.6 Å². The molecule has 0 aliphatic heterocycles. The molecule has 0 aromatic heterocycles. The van der Waals surface area contributed by atoms with Crippen LogP contribution in [0.15, 0.2) is 157 Å². The predicted octanol–water partition coefficient (Wildman–Crippen LogP) is 18.7. The largest absolute Gasteiger partial charge is 0.412 e. The first kappa shape index (κ1) is 92.2. The minimum atomic E-state index is -0.495. The van der Waals surface area contributed by atoms with Gasteiger partial charge in [-0.15, -0.1) is 27.6 Å². The minimum absolute atomic E-state index is 0. The monoisotopic (exact) mass is 1190 g/mol. The number of benzene rings is 5. The number of nitrogens with zero attached hydrogens (tertiary/aromatic N) is 1. The van der Waals surface area contributed by atoms with E-state index in [1.807, 2.05) is 53.7 Å². The fourth-order valence-corrected chi connectivity index (χ4v) is 6.32. The third-order valence-corrected chi connectivity index (χ3v) is 9.87. The summed E-state index contributed by atoms with van der Waals surface area (Å²) in [6.45, 7) is 19.9. The van der Waals surface area contributed by atoms with Gasteiger partial charge in [0.25, 0.3) is 0 Å². The topological polar surface area (TPSA) is 148 Å². The van der Waals surface area contributed by atoms with Crippen molar-refractivity contribution in [2.24, 2.45) is 17.6 Å². The summed E-state index contributed by atoms with van der Waals surface area (Å²) >= 11 is 10.2. The van der Waals surface area contributed by atoms with E-state index >= 15 is 0 Å². The highest BCUT2D eigenvalue weighted by Crippen LogP contribution is 2.21. The molecule has 5 aromatic rings. The normalized spacial score (nSPS) is 11.1. The van der Waals surface area contributed by atoms with E-state index in [0.29, 0.717) is 24.2 Å². The maximum atomic E-state index is 12.7. The first-order valence-electron chi connectivity index (χ1n) is 24.0. The second-order valence-corrected chi connectivity index (χ2v) is 19.9. The molecule has 7 nitrogen and oxygen atoms in total. The zero-order chi connectivity index (χ0) is 57.1. The lowest BCUT2D eigenvalue weighted by atomic mass is 9.95. The Morgan fingerprint density at radius 3 is 1.34 bits per heavy atom. The van der Waals surface area contributed by atoms with Crippen LogP contribution in [0.1, 0.15) is 153 Å². The minimum Gasteiger partial charge on any atom is -0.412 e. The van der Waals surface area contributed by atoms with E-state index in [0.717, 1.165) is 35.1 Å². The van der Waals surface area contributed by atoms with E-state index in [1.54, 1.807) is 55.0 Å². The third kappa shape index (κ3) is 48.4. The second-order valence-electron chi connectivity index (χ2n) is 19.3. The summed E-state index contributed by atoms with van der Waals surface area (Å²) in [7, 11) is 0. The Hall–Kier alpha value is -6.27. The molecular formula is C67H99Cl2F6N3O4+2. The molecule has 0 spiro atoms. The number of aliphatic hydroxyl groups excluding tert-OH is 1. The molecule has 1 amide bonds. The molecule has 0 bridgehead atoms. The van der Waals surface area contributed by atoms with Gasteiger partial charge in [0, 0.05) is 41.1 Å². The van der Waals surface area contributed by atoms with Gasteiger partial charge in [-0.2, -0.15) is 5.26 Å². The van der Waals surface area contributed by atoms with Crippen molar-refractivity contribution < 1.29 is 46.5 Å². The van der Waals surface area contributed by atoms with Crippen molar-refractivity contribution in [1.29, 1.82) is 5.26 Å². The molecular weight excluding hydrogens is 1100 g/mol. The molecule has 6 N–H and O–H groups in total. The van der Waals surface area contributed by atoms with Crippen molar-refractivity contribution in [1.82, 2.24) is 5.32 Å². The lowest BCUT2D eigenvalue weighted by molar-refractivity contribution is -0.120. The van der Waals surface area contributed by atoms with E-state index in [2.05, 4.69) is 39.1 Å². The molecule has 0 saturated carbocycles. The maximum absolute atomic E-state index is 12.7. The van der Waals surface area contributed by atoms with E-state index in [9.17, 15) is 41.0 Å². The number of amides is 1. The van der Waals surface area contributed by atoms with Crippen LogP contribution in [0, 0.1) is 64.6 Å². The number of carbonyl (C=O) groups is 2. The molecule has 0 radical (unpaired) electrons. The van der Waals surface area contributed by atoms with Gasteiger partial charge in [0.15, 0.2) is 0 Å². The first-order chi connectivity index (χ1) is 35.1. The van der Waals surface area contributed by atoms with E-state index in [1.165, 1.54) is 96.4 Å². The molecule has 6 rings (SSSR count). The van der Waals surface area contributed by atoms with Crippen LogP contribution >= 0.6 is 23.2 Å². The van der Waals surface area contributed by atoms with E-state index in [-0.39, 0.29) is 120 Å². The number of alkyl halides is 2. The fourth-order valence-electron chi connectivity index (χ4n) is 6.25. The van der Waals surface area contributed by atoms with E-state index in [4.69, 9.17) is 34.2 Å². The number of nitriles is 1. The van der Waals surface area contributed by atoms with Crippen LogP contribution in [0.4, 0.5) is 26.3 Å². The summed E-state index contributed by atoms with van der Waals surface area (Å²) < 4.78 is 74.6. The third-order valence-electron chi connectivity index (χ3n) is 9.51. The Balaban J connectivity index is -0.000000130. The molecule has 0 heterocycles. The predicted molar refractivity (Wildman–Crippen MR) is 340 cm³/mol. The van der Waals surface area contributed by atoms with Crippen molar-refractivity contribution in [3.63, 3.8) is 0 Å². The number of nitrogens with two attached hydrogens (primary N) is 1. The van der Waals surface area contributed by atoms with Gasteiger partial charge in [-0.05, 0) is 142 Å². The van der Waals surface area contributed by atoms with Gasteiger partial charge in [0.2, 0.25) is 11.7 Å². The molecule has 1 atom stereocenters. The Labute approximate surface area is 502 Å². The summed E-state index contributed by atoms with van der Waals surface area (Å²) in [6, 6.07) is 32.4. The highest BCUT2D eigenvalue weighted by molar-refractivity contribution is 6.27. The molecule has 0 fully saturated rings. The smallest absolute Gasteiger partial charge is 0.235 e. The molecule has 0 saturated heterocycles. The van der Waals surface area contributed by atoms with Gasteiger partial charge in [0.1, 0.15) is 53.6 Å². The van der Waals surface area contributed by atoms with Crippen LogP contribution in [0.5, 0.6) is 0 Å². The van der Waals surface area contributed by atoms with Gasteiger partial charge in [-0.1, -0.05) is 121 Å². The molecule has 460 valence electrons. The molecule has 5 aromatic carbocycles. The summed E-state index contributed by atoms with van der Waals surface area (Å²) in [5.41, 5.74) is 10.8. The van der Waals surface area contributed by atoms with Crippen molar-refractivity contribution >= 4 is 35.4 Å². The standard InChI is InChI=1S/C12H15ClFNO.C10H14FN.C10H13FO.2C10H12F.C7H5FO.C2H2ClN.6CH4.H2O/c1-12(2,15-11(16)8-13)7-9-3-5-10(14)6-4-9;1-10(2,12)7-8-3-5-9(11)6-4-8;1-7(2)10(12)8-3-5-9(11)6-4-8;2*1-8(2)7-9-3-5-10(11)6-4-9;8-7-3-1-6(5-9)2-4-7;3-1-2-4;;;;;;;/h3-6H,7-8H2,1-2H3,(H,15,16);3-6H,7,12H2,1-2H3;3-7,10,12H,1-2H3;3-6H,7H2,1-2H3;3-8H,1-2H3;1-5H;1H2;6*1H4;1H2/q;;;2*+1;;;;;;;;;. The van der Waals surface area contributed by atoms with Crippen molar-refractivity contribution in [2.45, 2.75) is 150 Å². The summed E-state index contributed by atoms with van der Waals surface area (Å²) in [6.07, 6.45) is 11.2. The number of aliphatic hydroxyl groups is 1. The molecule has 82 heavy (non-hydrogen) atoms. The number of nitrogens with one attached hydrogen (secondary N) is 1. The number of aldehydes is 1. The van der Waals surface area contributed by atoms with Crippen molar-refractivity contribution in [3.8, 4) is 6.07 Å². The Kier molecular flexibility index (Phi) is 56.7. The highest BCUT2D eigenvalue weighted by Gasteiger charge is 2.20. The Morgan fingerprint density at radius 1 is 0.671 bits per heavy atom. The van der Waals surface area contributed by atoms with Crippen LogP contribution in [-0.2, 0) is 24.1 Å². The number of halogens is 8. The lowest BCUT2D eigenvalue weighted by Gasteiger charge is -2.26. The second kappa shape index (κ2) is 50.5. The lowest BCUT2D eigenvalue weighted by Crippen LogP contribution is -2.45. The summed E-state index contributed by atoms with van der Waals surface area (Å²) in [5, 5.41) is 19.9. The SMILES string of the molecule is C.C.C.C.C.C.CC(C)(Cc1ccc(F)cc1)NC(=O)CCl.CC(C)(N)Cc1ccc(F)cc1.CC(C)C(O)c1ccc(F)cc1.CC(C)C=C1C=CC(F)=C[CH+]1.C[C+](C)Cc1ccc(F)cc1.N#CCCl.O.O=Cc1ccc(F)cc1. The highest BCUT2D eigenvalue weighted by atomic mass is 35.5. The number of hydrogen-bond acceptors (Lipinski definition) is 5. The Morgan fingerprint density at radius 2 is 1.04 bits per heavy atom. The number of carbonyl (C=O) groups excluding carboxylic acids is 2. The first-order valence-corrected chi connectivity index (χ1v) is 25.0. The van der Waals surface area contributed by atoms with Gasteiger partial charge in [-0.3, -0.25) is 9.59 Å². The van der Waals surface area contributed by atoms with Crippen molar-refractivity contribution in [2.75, 3.05) is 11.8 Å². The number of hydrogen-bond donors (Lipinski definition) is 3. The van der Waals surface area contributed by atoms with Gasteiger partial charge >= 0.3 is 0 Å². The average Bonchev–Trinajstić information content (AvgIpc) is 3.35. The zero-order valence-corrected chi connectivity index (χ0v) is 46.6.